The Morgan fingerprint density at radius 1 is 1.19 bits per heavy atom. The molecule has 3 heteroatoms. The predicted molar refractivity (Wildman–Crippen MR) is 86.3 cm³/mol. The maximum atomic E-state index is 9.20. The van der Waals surface area contributed by atoms with Crippen LogP contribution < -0.4 is 5.32 Å². The molecule has 1 aromatic carbocycles. The van der Waals surface area contributed by atoms with E-state index in [1.807, 2.05) is 0 Å². The highest BCUT2D eigenvalue weighted by atomic mass is 16.3. The number of aliphatic hydroxyl groups excluding tert-OH is 1. The van der Waals surface area contributed by atoms with Gasteiger partial charge in [0.2, 0.25) is 0 Å². The van der Waals surface area contributed by atoms with Gasteiger partial charge in [0.05, 0.1) is 0 Å². The van der Waals surface area contributed by atoms with Crippen LogP contribution in [0.3, 0.4) is 0 Å². The Hall–Kier alpha value is -0.900. The molecule has 21 heavy (non-hydrogen) atoms. The summed E-state index contributed by atoms with van der Waals surface area (Å²) in [5.74, 6) is 0.829. The van der Waals surface area contributed by atoms with Gasteiger partial charge in [-0.25, -0.2) is 0 Å². The number of likely N-dealkylation sites (tertiary alicyclic amines) is 1. The van der Waals surface area contributed by atoms with Crippen LogP contribution in [0, 0.1) is 5.92 Å². The fourth-order valence-electron chi connectivity index (χ4n) is 3.50. The smallest absolute Gasteiger partial charge is 0.0445 e. The lowest BCUT2D eigenvalue weighted by Crippen LogP contribution is -2.42. The Balaban J connectivity index is 1.40. The fraction of sp³-hybridized carbons (Fsp3) is 0.667. The van der Waals surface area contributed by atoms with Crippen LogP contribution in [0.15, 0.2) is 30.3 Å². The maximum absolute atomic E-state index is 9.20. The van der Waals surface area contributed by atoms with Crippen LogP contribution >= 0.6 is 0 Å². The fourth-order valence-corrected chi connectivity index (χ4v) is 3.50. The van der Waals surface area contributed by atoms with Gasteiger partial charge in [-0.3, -0.25) is 0 Å². The van der Waals surface area contributed by atoms with Crippen molar-refractivity contribution in [2.24, 2.45) is 5.92 Å². The third-order valence-corrected chi connectivity index (χ3v) is 4.91. The molecule has 0 aromatic heterocycles. The quantitative estimate of drug-likeness (QED) is 0.768. The molecule has 2 N–H and O–H groups in total. The van der Waals surface area contributed by atoms with E-state index in [1.54, 1.807) is 0 Å². The molecule has 0 spiro atoms. The highest BCUT2D eigenvalue weighted by Gasteiger charge is 2.33. The molecular weight excluding hydrogens is 260 g/mol. The second-order valence-corrected chi connectivity index (χ2v) is 6.64. The molecule has 1 aromatic rings. The van der Waals surface area contributed by atoms with E-state index in [4.69, 9.17) is 0 Å². The van der Waals surface area contributed by atoms with Gasteiger partial charge in [0.15, 0.2) is 0 Å². The number of benzene rings is 1. The van der Waals surface area contributed by atoms with E-state index >= 15 is 0 Å². The van der Waals surface area contributed by atoms with Crippen LogP contribution in [0.1, 0.15) is 31.2 Å². The summed E-state index contributed by atoms with van der Waals surface area (Å²) in [4.78, 5) is 2.58. The van der Waals surface area contributed by atoms with Crippen LogP contribution in [0.4, 0.5) is 0 Å². The van der Waals surface area contributed by atoms with Crippen molar-refractivity contribution in [3.8, 4) is 0 Å². The molecule has 3 rings (SSSR count). The summed E-state index contributed by atoms with van der Waals surface area (Å²) in [5.41, 5.74) is 1.44. The Kier molecular flexibility index (Phi) is 5.28. The van der Waals surface area contributed by atoms with Crippen LogP contribution in [0.5, 0.6) is 0 Å². The van der Waals surface area contributed by atoms with Gasteiger partial charge in [0, 0.05) is 31.8 Å². The number of nitrogens with one attached hydrogen (secondary N) is 1. The number of hydrogen-bond donors (Lipinski definition) is 2. The first-order chi connectivity index (χ1) is 10.3. The van der Waals surface area contributed by atoms with Crippen molar-refractivity contribution in [1.82, 2.24) is 10.2 Å². The van der Waals surface area contributed by atoms with E-state index < -0.39 is 0 Å². The molecule has 1 aliphatic carbocycles. The van der Waals surface area contributed by atoms with Gasteiger partial charge in [0.25, 0.3) is 0 Å². The average Bonchev–Trinajstić information content (AvgIpc) is 3.27. The number of aliphatic hydroxyl groups is 1. The molecule has 0 bridgehead atoms. The molecule has 2 aliphatic rings. The van der Waals surface area contributed by atoms with Gasteiger partial charge in [-0.15, -0.1) is 0 Å². The zero-order valence-electron chi connectivity index (χ0n) is 12.9. The number of rotatable bonds is 8. The van der Waals surface area contributed by atoms with Gasteiger partial charge >= 0.3 is 0 Å². The summed E-state index contributed by atoms with van der Waals surface area (Å²) in [6, 6.07) is 11.9. The van der Waals surface area contributed by atoms with Crippen molar-refractivity contribution >= 4 is 0 Å². The molecule has 1 heterocycles. The molecule has 2 atom stereocenters. The molecular formula is C18H28N2O. The highest BCUT2D eigenvalue weighted by Crippen LogP contribution is 2.34. The lowest BCUT2D eigenvalue weighted by Gasteiger charge is -2.23. The summed E-state index contributed by atoms with van der Waals surface area (Å²) in [7, 11) is 0. The number of hydrogen-bond acceptors (Lipinski definition) is 3. The molecule has 1 saturated heterocycles. The standard InChI is InChI=1S/C18H28N2O/c21-13-10-18(16-6-7-16)19-17-9-12-20(14-17)11-8-15-4-2-1-3-5-15/h1-5,16-19,21H,6-14H2. The van der Waals surface area contributed by atoms with Crippen molar-refractivity contribution in [2.45, 2.75) is 44.2 Å². The lowest BCUT2D eigenvalue weighted by molar-refractivity contribution is 0.246. The van der Waals surface area contributed by atoms with Gasteiger partial charge in [-0.2, -0.15) is 0 Å². The molecule has 2 fully saturated rings. The van der Waals surface area contributed by atoms with Crippen molar-refractivity contribution in [2.75, 3.05) is 26.2 Å². The third kappa shape index (κ3) is 4.53. The highest BCUT2D eigenvalue weighted by molar-refractivity contribution is 5.14. The zero-order chi connectivity index (χ0) is 14.5. The maximum Gasteiger partial charge on any atom is 0.0445 e. The molecule has 1 aliphatic heterocycles. The predicted octanol–water partition coefficient (Wildman–Crippen LogP) is 2.05. The summed E-state index contributed by atoms with van der Waals surface area (Å²) in [6.45, 7) is 3.86. The van der Waals surface area contributed by atoms with Crippen molar-refractivity contribution < 1.29 is 5.11 Å². The summed E-state index contributed by atoms with van der Waals surface area (Å²) in [5, 5.41) is 13.0. The molecule has 0 amide bonds. The largest absolute Gasteiger partial charge is 0.396 e. The summed E-state index contributed by atoms with van der Waals surface area (Å²) >= 11 is 0. The second-order valence-electron chi connectivity index (χ2n) is 6.64. The zero-order valence-corrected chi connectivity index (χ0v) is 12.9. The van der Waals surface area contributed by atoms with E-state index in [9.17, 15) is 5.11 Å². The summed E-state index contributed by atoms with van der Waals surface area (Å²) in [6.07, 6.45) is 6.02. The van der Waals surface area contributed by atoms with Crippen LogP contribution in [0.2, 0.25) is 0 Å². The summed E-state index contributed by atoms with van der Waals surface area (Å²) < 4.78 is 0. The Bertz CT molecular complexity index is 418. The van der Waals surface area contributed by atoms with Gasteiger partial charge in [-0.1, -0.05) is 30.3 Å². The van der Waals surface area contributed by atoms with Crippen molar-refractivity contribution in [1.29, 1.82) is 0 Å². The molecule has 1 saturated carbocycles. The monoisotopic (exact) mass is 288 g/mol. The SMILES string of the molecule is OCCC(NC1CCN(CCc2ccccc2)C1)C1CC1. The molecule has 0 radical (unpaired) electrons. The minimum Gasteiger partial charge on any atom is -0.396 e. The van der Waals surface area contributed by atoms with E-state index in [0.29, 0.717) is 18.7 Å². The van der Waals surface area contributed by atoms with Crippen LogP contribution in [-0.2, 0) is 6.42 Å². The van der Waals surface area contributed by atoms with Crippen molar-refractivity contribution in [3.05, 3.63) is 35.9 Å². The lowest BCUT2D eigenvalue weighted by atomic mass is 10.1. The molecule has 116 valence electrons. The Morgan fingerprint density at radius 3 is 2.71 bits per heavy atom. The van der Waals surface area contributed by atoms with E-state index in [-0.39, 0.29) is 0 Å². The second kappa shape index (κ2) is 7.39. The first-order valence-corrected chi connectivity index (χ1v) is 8.48. The van der Waals surface area contributed by atoms with E-state index in [0.717, 1.165) is 25.3 Å². The molecule has 2 unspecified atom stereocenters. The third-order valence-electron chi connectivity index (χ3n) is 4.91. The van der Waals surface area contributed by atoms with Crippen molar-refractivity contribution in [3.63, 3.8) is 0 Å². The van der Waals surface area contributed by atoms with E-state index in [2.05, 4.69) is 40.5 Å². The minimum absolute atomic E-state index is 0.318. The molecule has 3 nitrogen and oxygen atoms in total. The Morgan fingerprint density at radius 2 is 2.00 bits per heavy atom. The van der Waals surface area contributed by atoms with Gasteiger partial charge in [-0.05, 0) is 50.1 Å². The first-order valence-electron chi connectivity index (χ1n) is 8.48. The van der Waals surface area contributed by atoms with Gasteiger partial charge < -0.3 is 15.3 Å². The van der Waals surface area contributed by atoms with Crippen LogP contribution in [-0.4, -0.2) is 48.3 Å². The Labute approximate surface area is 128 Å². The van der Waals surface area contributed by atoms with Gasteiger partial charge in [0.1, 0.15) is 0 Å². The average molecular weight is 288 g/mol. The first kappa shape index (κ1) is 15.0. The topological polar surface area (TPSA) is 35.5 Å². The minimum atomic E-state index is 0.318. The number of nitrogens with zero attached hydrogens (tertiary/aromatic N) is 1. The van der Waals surface area contributed by atoms with E-state index in [1.165, 1.54) is 37.9 Å². The van der Waals surface area contributed by atoms with Crippen LogP contribution in [0.25, 0.3) is 0 Å². The normalized spacial score (nSPS) is 24.3.